The Labute approximate surface area is 463 Å². The maximum Gasteiger partial charge on any atom is 0.490 e. The second-order valence-electron chi connectivity index (χ2n) is 20.6. The predicted molar refractivity (Wildman–Crippen MR) is 298 cm³/mol. The molecule has 18 nitrogen and oxygen atoms in total. The fourth-order valence-electron chi connectivity index (χ4n) is 11.3. The molecule has 7 aromatic rings. The number of piperidine rings is 2. The first-order chi connectivity index (χ1) is 38.5. The van der Waals surface area contributed by atoms with Crippen molar-refractivity contribution >= 4 is 78.8 Å². The maximum atomic E-state index is 13.7. The molecular formula is C58H61F3N10O8S. The van der Waals surface area contributed by atoms with Crippen LogP contribution in [0.3, 0.4) is 0 Å². The Morgan fingerprint density at radius 2 is 1.55 bits per heavy atom. The summed E-state index contributed by atoms with van der Waals surface area (Å²) in [6, 6.07) is 29.3. The molecule has 4 N–H and O–H groups in total. The number of pyridine rings is 1. The Kier molecular flexibility index (Phi) is 16.5. The van der Waals surface area contributed by atoms with Crippen molar-refractivity contribution in [2.45, 2.75) is 64.1 Å². The highest BCUT2D eigenvalue weighted by molar-refractivity contribution is 7.22. The van der Waals surface area contributed by atoms with E-state index in [4.69, 9.17) is 24.7 Å². The third-order valence-corrected chi connectivity index (χ3v) is 16.5. The highest BCUT2D eigenvalue weighted by Gasteiger charge is 2.38. The number of hydrogen-bond donors (Lipinski definition) is 4. The number of amides is 3. The minimum absolute atomic E-state index is 0.0305. The topological polar surface area (TPSA) is 216 Å². The highest BCUT2D eigenvalue weighted by atomic mass is 32.1. The first kappa shape index (κ1) is 55.4. The second kappa shape index (κ2) is 23.8. The maximum absolute atomic E-state index is 13.7. The standard InChI is InChI=1S/C56H60N10O6S.C2HF3O2/c1-35-38(39-17-19-48(58-51(39)55(70)71)66-27-23-37-9-5-11-40(43(37)34-66)53(68)60-56-57-44-13-3-4-16-47(44)73-56)10-7-15-46(35)72-32-8-24-63-28-30-64(31-29-63)33-36-21-25-65(26-22-36)45-14-6-12-41-50(61-62(2)52(41)45)42-18-20-49(67)59-54(42)69;3-2(4,5)1(6)7/h3-7,9-17,19,36,42H,8,18,20-34H2,1-2H3,(H,70,71)(H,57,60,68)(H,59,67,69);(H,6,7). The Morgan fingerprint density at radius 1 is 0.812 bits per heavy atom. The largest absolute Gasteiger partial charge is 0.493 e. The number of nitrogens with one attached hydrogen (secondary N) is 2. The van der Waals surface area contributed by atoms with Crippen LogP contribution in [0.15, 0.2) is 91.0 Å². The van der Waals surface area contributed by atoms with E-state index in [2.05, 4.69) is 42.5 Å². The van der Waals surface area contributed by atoms with Crippen LogP contribution in [-0.4, -0.2) is 141 Å². The summed E-state index contributed by atoms with van der Waals surface area (Å²) in [7, 11) is 1.95. The van der Waals surface area contributed by atoms with Crippen molar-refractivity contribution in [1.29, 1.82) is 0 Å². The zero-order valence-electron chi connectivity index (χ0n) is 44.3. The van der Waals surface area contributed by atoms with Gasteiger partial charge in [-0.3, -0.25) is 29.7 Å². The average Bonchev–Trinajstić information content (AvgIpc) is 4.08. The van der Waals surface area contributed by atoms with Crippen molar-refractivity contribution in [2.24, 2.45) is 13.0 Å². The molecule has 3 amide bonds. The number of piperazine rings is 1. The van der Waals surface area contributed by atoms with Crippen molar-refractivity contribution < 1.29 is 52.1 Å². The van der Waals surface area contributed by atoms with E-state index in [-0.39, 0.29) is 23.4 Å². The molecule has 1 atom stereocenters. The van der Waals surface area contributed by atoms with Crippen LogP contribution >= 0.6 is 11.3 Å². The number of carboxylic acids is 2. The molecule has 1 unspecified atom stereocenters. The van der Waals surface area contributed by atoms with Crippen LogP contribution in [0.1, 0.15) is 81.3 Å². The molecule has 22 heteroatoms. The lowest BCUT2D eigenvalue weighted by molar-refractivity contribution is -0.192. The normalized spacial score (nSPS) is 17.4. The number of alkyl halides is 3. The third kappa shape index (κ3) is 12.3. The third-order valence-electron chi connectivity index (χ3n) is 15.5. The number of benzene rings is 4. The number of ether oxygens (including phenoxy) is 1. The molecule has 4 aromatic carbocycles. The van der Waals surface area contributed by atoms with Crippen LogP contribution in [0.25, 0.3) is 32.2 Å². The number of fused-ring (bicyclic) bond motifs is 3. The number of anilines is 3. The molecule has 80 heavy (non-hydrogen) atoms. The van der Waals surface area contributed by atoms with Crippen LogP contribution in [0.5, 0.6) is 5.75 Å². The van der Waals surface area contributed by atoms with E-state index in [1.54, 1.807) is 0 Å². The summed E-state index contributed by atoms with van der Waals surface area (Å²) < 4.78 is 41.0. The van der Waals surface area contributed by atoms with Gasteiger partial charge < -0.3 is 34.5 Å². The van der Waals surface area contributed by atoms with Gasteiger partial charge in [0.15, 0.2) is 10.8 Å². The molecule has 0 bridgehead atoms. The van der Waals surface area contributed by atoms with Crippen molar-refractivity contribution in [3.8, 4) is 16.9 Å². The van der Waals surface area contributed by atoms with Crippen molar-refractivity contribution in [1.82, 2.24) is 34.9 Å². The summed E-state index contributed by atoms with van der Waals surface area (Å²) in [5.41, 5.74) is 8.46. The molecule has 4 aliphatic rings. The average molecular weight is 1120 g/mol. The highest BCUT2D eigenvalue weighted by Crippen LogP contribution is 2.38. The number of thiazole rings is 1. The number of para-hydroxylation sites is 2. The van der Waals surface area contributed by atoms with Crippen LogP contribution in [-0.2, 0) is 34.4 Å². The van der Waals surface area contributed by atoms with Gasteiger partial charge in [0.05, 0.1) is 39.6 Å². The predicted octanol–water partition coefficient (Wildman–Crippen LogP) is 8.52. The number of aromatic nitrogens is 4. The lowest BCUT2D eigenvalue weighted by Gasteiger charge is -2.39. The number of halogens is 3. The molecule has 0 saturated carbocycles. The van der Waals surface area contributed by atoms with Gasteiger partial charge in [0.2, 0.25) is 11.8 Å². The Bertz CT molecular complexity index is 3450. The van der Waals surface area contributed by atoms with Crippen LogP contribution < -0.4 is 25.2 Å². The molecule has 0 radical (unpaired) electrons. The summed E-state index contributed by atoms with van der Waals surface area (Å²) in [4.78, 5) is 78.9. The quantitative estimate of drug-likeness (QED) is 0.0593. The summed E-state index contributed by atoms with van der Waals surface area (Å²) in [5, 5.41) is 29.5. The molecule has 7 heterocycles. The van der Waals surface area contributed by atoms with E-state index >= 15 is 0 Å². The Balaban J connectivity index is 0.000000966. The first-order valence-electron chi connectivity index (χ1n) is 26.8. The number of aliphatic carboxylic acids is 1. The summed E-state index contributed by atoms with van der Waals surface area (Å²) in [6.45, 7) is 11.7. The van der Waals surface area contributed by atoms with Gasteiger partial charge in [0.25, 0.3) is 5.91 Å². The summed E-state index contributed by atoms with van der Waals surface area (Å²) in [6.07, 6.45) is -0.460. The number of hydrogen-bond acceptors (Lipinski definition) is 14. The summed E-state index contributed by atoms with van der Waals surface area (Å²) >= 11 is 1.44. The lowest BCUT2D eigenvalue weighted by Crippen LogP contribution is -2.49. The minimum atomic E-state index is -5.08. The molecule has 3 fully saturated rings. The molecule has 11 rings (SSSR count). The minimum Gasteiger partial charge on any atom is -0.493 e. The van der Waals surface area contributed by atoms with Gasteiger partial charge in [-0.2, -0.15) is 18.3 Å². The number of aromatic carboxylic acids is 1. The van der Waals surface area contributed by atoms with Gasteiger partial charge in [-0.1, -0.05) is 59.9 Å². The van der Waals surface area contributed by atoms with Gasteiger partial charge >= 0.3 is 18.1 Å². The van der Waals surface area contributed by atoms with E-state index in [1.807, 2.05) is 102 Å². The van der Waals surface area contributed by atoms with Crippen molar-refractivity contribution in [3.05, 3.63) is 125 Å². The number of carboxylic acid groups (broad SMARTS) is 2. The fourth-order valence-corrected chi connectivity index (χ4v) is 12.2. The zero-order chi connectivity index (χ0) is 56.2. The monoisotopic (exact) mass is 1110 g/mol. The SMILES string of the molecule is Cc1c(OCCCN2CCN(CC3CCN(c4cccc5c(C6CCC(=O)NC6=O)nn(C)c45)CC3)CC2)cccc1-c1ccc(N2CCc3cccc(C(=O)Nc4nc5ccccc5s4)c3C2)nc1C(=O)O.O=C(O)C(F)(F)F. The molecule has 418 valence electrons. The number of aryl methyl sites for hydroxylation is 1. The number of rotatable bonds is 14. The Morgan fingerprint density at radius 3 is 2.29 bits per heavy atom. The second-order valence-corrected chi connectivity index (χ2v) is 21.6. The molecule has 4 aliphatic heterocycles. The lowest BCUT2D eigenvalue weighted by atomic mass is 9.92. The van der Waals surface area contributed by atoms with Crippen LogP contribution in [0.2, 0.25) is 0 Å². The van der Waals surface area contributed by atoms with Crippen LogP contribution in [0.4, 0.5) is 29.8 Å². The van der Waals surface area contributed by atoms with E-state index in [0.29, 0.717) is 67.0 Å². The van der Waals surface area contributed by atoms with Gasteiger partial charge in [-0.15, -0.1) is 0 Å². The molecule has 0 spiro atoms. The van der Waals surface area contributed by atoms with E-state index in [0.717, 1.165) is 132 Å². The van der Waals surface area contributed by atoms with Crippen molar-refractivity contribution in [3.63, 3.8) is 0 Å². The van der Waals surface area contributed by atoms with Gasteiger partial charge in [0, 0.05) is 95.4 Å². The summed E-state index contributed by atoms with van der Waals surface area (Å²) in [5.74, 6) is -3.08. The molecule has 0 aliphatic carbocycles. The number of carbonyl (C=O) groups is 5. The fraction of sp³-hybridized carbons (Fsp3) is 0.379. The van der Waals surface area contributed by atoms with Gasteiger partial charge in [-0.25, -0.2) is 19.6 Å². The molecule has 3 aromatic heterocycles. The smallest absolute Gasteiger partial charge is 0.490 e. The van der Waals surface area contributed by atoms with Gasteiger partial charge in [-0.05, 0) is 110 Å². The van der Waals surface area contributed by atoms with Crippen LogP contribution in [0, 0.1) is 12.8 Å². The molecule has 3 saturated heterocycles. The van der Waals surface area contributed by atoms with Gasteiger partial charge in [0.1, 0.15) is 11.6 Å². The number of nitrogens with zero attached hydrogens (tertiary/aromatic N) is 8. The van der Waals surface area contributed by atoms with E-state index < -0.39 is 24.0 Å². The van der Waals surface area contributed by atoms with E-state index in [9.17, 15) is 37.5 Å². The number of carbonyl (C=O) groups excluding carboxylic acids is 3. The first-order valence-corrected chi connectivity index (χ1v) is 27.6. The number of imide groups is 1. The van der Waals surface area contributed by atoms with Crippen molar-refractivity contribution in [2.75, 3.05) is 80.6 Å². The molecular weight excluding hydrogens is 1050 g/mol. The Hall–Kier alpha value is -7.95. The zero-order valence-corrected chi connectivity index (χ0v) is 45.1. The van der Waals surface area contributed by atoms with E-state index in [1.165, 1.54) is 11.3 Å².